The van der Waals surface area contributed by atoms with Gasteiger partial charge in [-0.25, -0.2) is 0 Å². The maximum atomic E-state index is 11.7. The molecule has 0 bridgehead atoms. The zero-order valence-corrected chi connectivity index (χ0v) is 12.2. The zero-order valence-electron chi connectivity index (χ0n) is 10.7. The summed E-state index contributed by atoms with van der Waals surface area (Å²) in [7, 11) is 0. The van der Waals surface area contributed by atoms with Gasteiger partial charge in [0.05, 0.1) is 5.69 Å². The molecule has 1 amide bonds. The largest absolute Gasteiger partial charge is 0.299 e. The van der Waals surface area contributed by atoms with Crippen LogP contribution in [0.1, 0.15) is 12.0 Å². The van der Waals surface area contributed by atoms with Crippen molar-refractivity contribution in [1.82, 2.24) is 5.43 Å². The van der Waals surface area contributed by atoms with Gasteiger partial charge in [0.1, 0.15) is 0 Å². The van der Waals surface area contributed by atoms with Crippen LogP contribution in [0.4, 0.5) is 5.69 Å². The van der Waals surface area contributed by atoms with Gasteiger partial charge < -0.3 is 0 Å². The van der Waals surface area contributed by atoms with Crippen LogP contribution >= 0.6 is 23.2 Å². The number of hydrogen-bond donors (Lipinski definition) is 2. The molecule has 2 rings (SSSR count). The minimum atomic E-state index is -0.107. The Labute approximate surface area is 127 Å². The lowest BCUT2D eigenvalue weighted by molar-refractivity contribution is -0.120. The Hall–Kier alpha value is -1.71. The van der Waals surface area contributed by atoms with Crippen LogP contribution in [0.15, 0.2) is 48.5 Å². The van der Waals surface area contributed by atoms with Crippen LogP contribution in [0.25, 0.3) is 0 Å². The fraction of sp³-hybridized carbons (Fsp3) is 0.133. The van der Waals surface area contributed by atoms with Crippen molar-refractivity contribution in [2.75, 3.05) is 5.43 Å². The second-order valence-electron chi connectivity index (χ2n) is 4.27. The summed E-state index contributed by atoms with van der Waals surface area (Å²) in [5.74, 6) is -0.107. The molecule has 5 heteroatoms. The Morgan fingerprint density at radius 2 is 1.85 bits per heavy atom. The van der Waals surface area contributed by atoms with E-state index in [-0.39, 0.29) is 5.91 Å². The fourth-order valence-corrected chi connectivity index (χ4v) is 2.14. The number of hydrazine groups is 1. The van der Waals surface area contributed by atoms with Crippen molar-refractivity contribution in [3.05, 3.63) is 64.1 Å². The molecule has 0 saturated carbocycles. The summed E-state index contributed by atoms with van der Waals surface area (Å²) in [5.41, 5.74) is 7.15. The third kappa shape index (κ3) is 4.44. The molecule has 2 aromatic rings. The van der Waals surface area contributed by atoms with Crippen LogP contribution < -0.4 is 10.9 Å². The third-order valence-electron chi connectivity index (χ3n) is 2.75. The lowest BCUT2D eigenvalue weighted by atomic mass is 10.1. The Bertz CT molecular complexity index is 602. The van der Waals surface area contributed by atoms with Crippen LogP contribution in [-0.2, 0) is 11.2 Å². The van der Waals surface area contributed by atoms with E-state index in [1.54, 1.807) is 18.2 Å². The van der Waals surface area contributed by atoms with E-state index in [2.05, 4.69) is 10.9 Å². The maximum Gasteiger partial charge on any atom is 0.238 e. The minimum absolute atomic E-state index is 0.107. The quantitative estimate of drug-likeness (QED) is 0.818. The van der Waals surface area contributed by atoms with Crippen molar-refractivity contribution in [2.45, 2.75) is 12.8 Å². The third-order valence-corrected chi connectivity index (χ3v) is 3.35. The average Bonchev–Trinajstić information content (AvgIpc) is 2.44. The number of amides is 1. The van der Waals surface area contributed by atoms with Crippen molar-refractivity contribution in [3.63, 3.8) is 0 Å². The van der Waals surface area contributed by atoms with Crippen LogP contribution in [0.2, 0.25) is 10.0 Å². The maximum absolute atomic E-state index is 11.7. The molecule has 0 aliphatic rings. The first-order valence-electron chi connectivity index (χ1n) is 6.19. The number of benzene rings is 2. The molecule has 104 valence electrons. The van der Waals surface area contributed by atoms with Crippen molar-refractivity contribution >= 4 is 34.8 Å². The molecule has 2 N–H and O–H groups in total. The Morgan fingerprint density at radius 3 is 2.60 bits per heavy atom. The SMILES string of the molecule is O=C(CCc1ccccc1Cl)NNc1cccc(Cl)c1. The number of anilines is 1. The highest BCUT2D eigenvalue weighted by Gasteiger charge is 2.04. The molecule has 0 fully saturated rings. The van der Waals surface area contributed by atoms with Crippen LogP contribution in [0.3, 0.4) is 0 Å². The highest BCUT2D eigenvalue weighted by molar-refractivity contribution is 6.31. The van der Waals surface area contributed by atoms with Gasteiger partial charge in [0, 0.05) is 16.5 Å². The molecule has 2 aromatic carbocycles. The number of carbonyl (C=O) groups excluding carboxylic acids is 1. The Morgan fingerprint density at radius 1 is 1.05 bits per heavy atom. The van der Waals surface area contributed by atoms with E-state index in [9.17, 15) is 4.79 Å². The van der Waals surface area contributed by atoms with Crippen LogP contribution in [0, 0.1) is 0 Å². The van der Waals surface area contributed by atoms with E-state index in [1.807, 2.05) is 30.3 Å². The van der Waals surface area contributed by atoms with Gasteiger partial charge in [0.2, 0.25) is 5.91 Å². The molecule has 0 atom stereocenters. The van der Waals surface area contributed by atoms with E-state index in [0.29, 0.717) is 22.9 Å². The number of aryl methyl sites for hydroxylation is 1. The van der Waals surface area contributed by atoms with E-state index >= 15 is 0 Å². The molecular formula is C15H14Cl2N2O. The van der Waals surface area contributed by atoms with Gasteiger partial charge in [0.25, 0.3) is 0 Å². The van der Waals surface area contributed by atoms with Crippen molar-refractivity contribution in [3.8, 4) is 0 Å². The summed E-state index contributed by atoms with van der Waals surface area (Å²) < 4.78 is 0. The first kappa shape index (κ1) is 14.7. The Balaban J connectivity index is 1.80. The molecule has 0 aliphatic carbocycles. The van der Waals surface area contributed by atoms with Gasteiger partial charge in [-0.15, -0.1) is 0 Å². The topological polar surface area (TPSA) is 41.1 Å². The van der Waals surface area contributed by atoms with E-state index < -0.39 is 0 Å². The molecule has 20 heavy (non-hydrogen) atoms. The molecule has 0 aliphatic heterocycles. The first-order chi connectivity index (χ1) is 9.65. The van der Waals surface area contributed by atoms with Crippen LogP contribution in [-0.4, -0.2) is 5.91 Å². The summed E-state index contributed by atoms with van der Waals surface area (Å²) >= 11 is 11.9. The number of rotatable bonds is 5. The number of nitrogens with one attached hydrogen (secondary N) is 2. The summed E-state index contributed by atoms with van der Waals surface area (Å²) in [6.07, 6.45) is 0.958. The van der Waals surface area contributed by atoms with Crippen molar-refractivity contribution < 1.29 is 4.79 Å². The predicted molar refractivity (Wildman–Crippen MR) is 83.0 cm³/mol. The summed E-state index contributed by atoms with van der Waals surface area (Å²) in [5, 5.41) is 1.29. The van der Waals surface area contributed by atoms with E-state index in [1.165, 1.54) is 0 Å². The molecule has 0 spiro atoms. The highest BCUT2D eigenvalue weighted by atomic mass is 35.5. The minimum Gasteiger partial charge on any atom is -0.299 e. The first-order valence-corrected chi connectivity index (χ1v) is 6.94. The molecule has 3 nitrogen and oxygen atoms in total. The second-order valence-corrected chi connectivity index (χ2v) is 5.12. The van der Waals surface area contributed by atoms with Gasteiger partial charge in [0.15, 0.2) is 0 Å². The molecule has 0 saturated heterocycles. The lowest BCUT2D eigenvalue weighted by Crippen LogP contribution is -2.29. The van der Waals surface area contributed by atoms with Gasteiger partial charge in [-0.05, 0) is 36.2 Å². The van der Waals surface area contributed by atoms with Crippen LogP contribution in [0.5, 0.6) is 0 Å². The van der Waals surface area contributed by atoms with Gasteiger partial charge in [-0.2, -0.15) is 0 Å². The number of carbonyl (C=O) groups is 1. The second kappa shape index (κ2) is 7.17. The standard InChI is InChI=1S/C15H14Cl2N2O/c16-12-5-3-6-13(10-12)18-19-15(20)9-8-11-4-1-2-7-14(11)17/h1-7,10,18H,8-9H2,(H,19,20). The number of hydrogen-bond acceptors (Lipinski definition) is 2. The molecule has 0 heterocycles. The molecular weight excluding hydrogens is 295 g/mol. The lowest BCUT2D eigenvalue weighted by Gasteiger charge is -2.09. The average molecular weight is 309 g/mol. The van der Waals surface area contributed by atoms with Gasteiger partial charge >= 0.3 is 0 Å². The van der Waals surface area contributed by atoms with Gasteiger partial charge in [-0.3, -0.25) is 15.6 Å². The zero-order chi connectivity index (χ0) is 14.4. The summed E-state index contributed by atoms with van der Waals surface area (Å²) in [6.45, 7) is 0. The molecule has 0 aromatic heterocycles. The van der Waals surface area contributed by atoms with Crippen molar-refractivity contribution in [1.29, 1.82) is 0 Å². The predicted octanol–water partition coefficient (Wildman–Crippen LogP) is 4.07. The normalized spacial score (nSPS) is 10.1. The summed E-state index contributed by atoms with van der Waals surface area (Å²) in [4.78, 5) is 11.7. The number of halogens is 2. The monoisotopic (exact) mass is 308 g/mol. The smallest absolute Gasteiger partial charge is 0.238 e. The fourth-order valence-electron chi connectivity index (χ4n) is 1.72. The summed E-state index contributed by atoms with van der Waals surface area (Å²) in [6, 6.07) is 14.6. The van der Waals surface area contributed by atoms with Crippen molar-refractivity contribution in [2.24, 2.45) is 0 Å². The molecule has 0 radical (unpaired) electrons. The molecule has 0 unspecified atom stereocenters. The van der Waals surface area contributed by atoms with Gasteiger partial charge in [-0.1, -0.05) is 47.5 Å². The van der Waals surface area contributed by atoms with E-state index in [4.69, 9.17) is 23.2 Å². The van der Waals surface area contributed by atoms with E-state index in [0.717, 1.165) is 11.3 Å². The highest BCUT2D eigenvalue weighted by Crippen LogP contribution is 2.16. The Kier molecular flexibility index (Phi) is 5.27.